The van der Waals surface area contributed by atoms with Crippen LogP contribution in [-0.2, 0) is 16.0 Å². The number of non-ortho nitro benzene ring substituents is 1. The first-order chi connectivity index (χ1) is 17.7. The molecule has 11 heteroatoms. The topological polar surface area (TPSA) is 168 Å². The lowest BCUT2D eigenvalue weighted by atomic mass is 9.99. The molecule has 0 spiro atoms. The second kappa shape index (κ2) is 12.3. The van der Waals surface area contributed by atoms with Crippen molar-refractivity contribution < 1.29 is 34.3 Å². The Morgan fingerprint density at radius 1 is 0.973 bits per heavy atom. The fourth-order valence-corrected chi connectivity index (χ4v) is 3.69. The van der Waals surface area contributed by atoms with Crippen LogP contribution in [0.5, 0.6) is 5.75 Å². The maximum atomic E-state index is 13.0. The Labute approximate surface area is 211 Å². The molecule has 0 aliphatic carbocycles. The Bertz CT molecular complexity index is 1270. The monoisotopic (exact) mass is 507 g/mol. The van der Waals surface area contributed by atoms with Crippen molar-refractivity contribution in [2.75, 3.05) is 7.11 Å². The van der Waals surface area contributed by atoms with Crippen molar-refractivity contribution in [1.29, 1.82) is 0 Å². The molecule has 3 aromatic rings. The normalized spacial score (nSPS) is 13.0. The molecule has 0 bridgehead atoms. The van der Waals surface area contributed by atoms with Crippen LogP contribution in [-0.4, -0.2) is 52.2 Å². The van der Waals surface area contributed by atoms with Crippen LogP contribution in [0, 0.1) is 10.1 Å². The van der Waals surface area contributed by atoms with Crippen LogP contribution in [0.3, 0.4) is 0 Å². The number of ether oxygens (including phenoxy) is 1. The second-order valence-corrected chi connectivity index (χ2v) is 8.03. The summed E-state index contributed by atoms with van der Waals surface area (Å²) in [5.74, 6) is -2.83. The zero-order valence-corrected chi connectivity index (χ0v) is 19.7. The molecule has 4 N–H and O–H groups in total. The van der Waals surface area contributed by atoms with Gasteiger partial charge in [-0.05, 0) is 23.8 Å². The lowest BCUT2D eigenvalue weighted by Crippen LogP contribution is -2.50. The first-order valence-corrected chi connectivity index (χ1v) is 11.1. The number of amides is 2. The van der Waals surface area contributed by atoms with Gasteiger partial charge in [0.05, 0.1) is 18.1 Å². The fourth-order valence-electron chi connectivity index (χ4n) is 3.69. The summed E-state index contributed by atoms with van der Waals surface area (Å²) in [5, 5.41) is 36.7. The molecule has 0 radical (unpaired) electrons. The molecular weight excluding hydrogens is 482 g/mol. The maximum absolute atomic E-state index is 13.0. The Morgan fingerprint density at radius 2 is 1.59 bits per heavy atom. The number of carboxylic acid groups (broad SMARTS) is 1. The van der Waals surface area contributed by atoms with E-state index in [4.69, 9.17) is 4.74 Å². The minimum Gasteiger partial charge on any atom is -0.496 e. The van der Waals surface area contributed by atoms with Gasteiger partial charge in [0.25, 0.3) is 17.5 Å². The van der Waals surface area contributed by atoms with Crippen molar-refractivity contribution in [1.82, 2.24) is 10.6 Å². The highest BCUT2D eigenvalue weighted by atomic mass is 16.6. The molecule has 0 unspecified atom stereocenters. The van der Waals surface area contributed by atoms with Gasteiger partial charge in [-0.15, -0.1) is 0 Å². The number of nitrogens with zero attached hydrogens (tertiary/aromatic N) is 1. The van der Waals surface area contributed by atoms with Gasteiger partial charge in [-0.2, -0.15) is 0 Å². The second-order valence-electron chi connectivity index (χ2n) is 8.03. The lowest BCUT2D eigenvalue weighted by molar-refractivity contribution is -0.384. The minimum atomic E-state index is -1.86. The van der Waals surface area contributed by atoms with Crippen molar-refractivity contribution in [3.05, 3.63) is 106 Å². The number of hydrogen-bond donors (Lipinski definition) is 4. The van der Waals surface area contributed by atoms with Gasteiger partial charge in [-0.1, -0.05) is 48.5 Å². The summed E-state index contributed by atoms with van der Waals surface area (Å²) >= 11 is 0. The molecule has 192 valence electrons. The van der Waals surface area contributed by atoms with E-state index in [0.717, 1.165) is 6.07 Å². The highest BCUT2D eigenvalue weighted by Gasteiger charge is 2.32. The quantitative estimate of drug-likeness (QED) is 0.226. The number of aliphatic hydroxyl groups excluding tert-OH is 1. The summed E-state index contributed by atoms with van der Waals surface area (Å²) in [5.41, 5.74) is 0.619. The lowest BCUT2D eigenvalue weighted by Gasteiger charge is -2.25. The van der Waals surface area contributed by atoms with Crippen molar-refractivity contribution in [2.24, 2.45) is 0 Å². The fraction of sp³-hybridized carbons (Fsp3) is 0.192. The number of nitrogens with one attached hydrogen (secondary N) is 2. The standard InChI is InChI=1S/C26H25N3O8/c1-37-21-13-12-19(29(35)36)14-18(21)15-20(26(33)34)27-25(32)23(30)22(16-8-4-2-5-9-16)28-24(31)17-10-6-3-7-11-17/h2-14,20,22-23,30H,15H2,1H3,(H,27,32)(H,28,31)(H,33,34)/t20-,22+,23-/m1/s1. The molecule has 0 saturated heterocycles. The molecule has 2 amide bonds. The number of hydrogen-bond acceptors (Lipinski definition) is 7. The average molecular weight is 507 g/mol. The van der Waals surface area contributed by atoms with Gasteiger partial charge in [0, 0.05) is 29.7 Å². The summed E-state index contributed by atoms with van der Waals surface area (Å²) in [4.78, 5) is 48.2. The van der Waals surface area contributed by atoms with E-state index in [-0.39, 0.29) is 23.4 Å². The van der Waals surface area contributed by atoms with E-state index in [1.807, 2.05) is 0 Å². The van der Waals surface area contributed by atoms with Gasteiger partial charge in [0.2, 0.25) is 0 Å². The van der Waals surface area contributed by atoms with E-state index in [9.17, 15) is 34.7 Å². The number of aliphatic carboxylic acids is 1. The SMILES string of the molecule is COc1ccc([N+](=O)[O-])cc1C[C@@H](NC(=O)[C@H](O)[C@@H](NC(=O)c1ccccc1)c1ccccc1)C(=O)O. The van der Waals surface area contributed by atoms with Crippen LogP contribution in [0.2, 0.25) is 0 Å². The van der Waals surface area contributed by atoms with Crippen molar-refractivity contribution >= 4 is 23.5 Å². The van der Waals surface area contributed by atoms with Crippen LogP contribution in [0.25, 0.3) is 0 Å². The molecule has 0 saturated carbocycles. The molecule has 0 aliphatic rings. The summed E-state index contributed by atoms with van der Waals surface area (Å²) in [6, 6.07) is 17.4. The van der Waals surface area contributed by atoms with E-state index >= 15 is 0 Å². The number of methoxy groups -OCH3 is 1. The zero-order valence-electron chi connectivity index (χ0n) is 19.7. The Balaban J connectivity index is 1.83. The van der Waals surface area contributed by atoms with Gasteiger partial charge in [0.15, 0.2) is 6.10 Å². The third kappa shape index (κ3) is 6.89. The van der Waals surface area contributed by atoms with E-state index < -0.39 is 40.9 Å². The molecule has 37 heavy (non-hydrogen) atoms. The van der Waals surface area contributed by atoms with Crippen LogP contribution in [0.15, 0.2) is 78.9 Å². The highest BCUT2D eigenvalue weighted by molar-refractivity contribution is 5.95. The Kier molecular flexibility index (Phi) is 8.90. The predicted octanol–water partition coefficient (Wildman–Crippen LogP) is 2.25. The van der Waals surface area contributed by atoms with E-state index in [2.05, 4.69) is 10.6 Å². The van der Waals surface area contributed by atoms with Gasteiger partial charge in [-0.25, -0.2) is 4.79 Å². The molecule has 3 atom stereocenters. The van der Waals surface area contributed by atoms with Crippen LogP contribution in [0.4, 0.5) is 5.69 Å². The zero-order chi connectivity index (χ0) is 26.9. The molecule has 3 aromatic carbocycles. The number of carbonyl (C=O) groups excluding carboxylic acids is 2. The van der Waals surface area contributed by atoms with Crippen molar-refractivity contribution in [2.45, 2.75) is 24.6 Å². The molecule has 3 rings (SSSR count). The number of carboxylic acids is 1. The summed E-state index contributed by atoms with van der Waals surface area (Å²) < 4.78 is 5.17. The number of benzene rings is 3. The molecular formula is C26H25N3O8. The number of nitro benzene ring substituents is 1. The first kappa shape index (κ1) is 26.8. The van der Waals surface area contributed by atoms with Gasteiger partial charge >= 0.3 is 5.97 Å². The molecule has 0 aliphatic heterocycles. The van der Waals surface area contributed by atoms with Crippen LogP contribution in [0.1, 0.15) is 27.5 Å². The summed E-state index contributed by atoms with van der Waals surface area (Å²) in [7, 11) is 1.32. The average Bonchev–Trinajstić information content (AvgIpc) is 2.91. The summed E-state index contributed by atoms with van der Waals surface area (Å²) in [6.45, 7) is 0. The van der Waals surface area contributed by atoms with Gasteiger partial charge < -0.3 is 25.6 Å². The number of nitro groups is 1. The number of carbonyl (C=O) groups is 3. The van der Waals surface area contributed by atoms with E-state index in [1.54, 1.807) is 60.7 Å². The predicted molar refractivity (Wildman–Crippen MR) is 132 cm³/mol. The highest BCUT2D eigenvalue weighted by Crippen LogP contribution is 2.25. The molecule has 11 nitrogen and oxygen atoms in total. The number of aliphatic hydroxyl groups is 1. The Hall–Kier alpha value is -4.77. The van der Waals surface area contributed by atoms with E-state index in [0.29, 0.717) is 11.1 Å². The largest absolute Gasteiger partial charge is 0.496 e. The van der Waals surface area contributed by atoms with Gasteiger partial charge in [-0.3, -0.25) is 19.7 Å². The van der Waals surface area contributed by atoms with Gasteiger partial charge in [0.1, 0.15) is 11.8 Å². The third-order valence-electron chi connectivity index (χ3n) is 5.58. The molecule has 0 heterocycles. The first-order valence-electron chi connectivity index (χ1n) is 11.1. The molecule has 0 aromatic heterocycles. The minimum absolute atomic E-state index is 0.177. The summed E-state index contributed by atoms with van der Waals surface area (Å²) in [6.07, 6.45) is -2.21. The maximum Gasteiger partial charge on any atom is 0.326 e. The van der Waals surface area contributed by atoms with Crippen molar-refractivity contribution in [3.63, 3.8) is 0 Å². The molecule has 0 fully saturated rings. The van der Waals surface area contributed by atoms with Crippen LogP contribution < -0.4 is 15.4 Å². The third-order valence-corrected chi connectivity index (χ3v) is 5.58. The smallest absolute Gasteiger partial charge is 0.326 e. The van der Waals surface area contributed by atoms with Crippen molar-refractivity contribution in [3.8, 4) is 5.75 Å². The Morgan fingerprint density at radius 3 is 2.16 bits per heavy atom. The van der Waals surface area contributed by atoms with Crippen LogP contribution >= 0.6 is 0 Å². The van der Waals surface area contributed by atoms with E-state index in [1.165, 1.54) is 19.2 Å². The number of rotatable bonds is 11.